The number of hydrogen-bond donors (Lipinski definition) is 4. The van der Waals surface area contributed by atoms with Gasteiger partial charge < -0.3 is 30.5 Å². The largest absolute Gasteiger partial charge is 0.481 e. The highest BCUT2D eigenvalue weighted by Crippen LogP contribution is 2.25. The van der Waals surface area contributed by atoms with Crippen LogP contribution in [0.2, 0.25) is 10.0 Å². The van der Waals surface area contributed by atoms with E-state index < -0.39 is 43.2 Å². The number of aliphatic carboxylic acids is 1. The van der Waals surface area contributed by atoms with Gasteiger partial charge in [0.15, 0.2) is 0 Å². The lowest BCUT2D eigenvalue weighted by molar-refractivity contribution is -0.138. The molecule has 3 rings (SSSR count). The molecule has 44 heavy (non-hydrogen) atoms. The van der Waals surface area contributed by atoms with Crippen LogP contribution in [0.1, 0.15) is 29.3 Å². The van der Waals surface area contributed by atoms with Crippen LogP contribution < -0.4 is 16.0 Å². The molecule has 10 nitrogen and oxygen atoms in total. The minimum atomic E-state index is -3.67. The lowest BCUT2D eigenvalue weighted by atomic mass is 10.0. The zero-order chi connectivity index (χ0) is 32.5. The number of carboxylic acids is 1. The van der Waals surface area contributed by atoms with E-state index in [4.69, 9.17) is 32.7 Å². The fraction of sp³-hybridized carbons (Fsp3) is 0.310. The van der Waals surface area contributed by atoms with Gasteiger partial charge >= 0.3 is 18.7 Å². The second kappa shape index (κ2) is 19.3. The highest BCUT2D eigenvalue weighted by molar-refractivity contribution is 6.34. The van der Waals surface area contributed by atoms with Crippen LogP contribution in [0.5, 0.6) is 0 Å². The van der Waals surface area contributed by atoms with E-state index in [0.29, 0.717) is 17.9 Å². The topological polar surface area (TPSA) is 139 Å². The number of rotatable bonds is 14. The van der Waals surface area contributed by atoms with Gasteiger partial charge in [-0.15, -0.1) is 0 Å². The number of ether oxygens (including phenoxy) is 2. The Labute approximate surface area is 261 Å². The maximum absolute atomic E-state index is 13.3. The van der Waals surface area contributed by atoms with Crippen LogP contribution in [0.15, 0.2) is 66.7 Å². The number of carbonyl (C=O) groups excluding carboxylic acids is 2. The van der Waals surface area contributed by atoms with Crippen molar-refractivity contribution in [2.24, 2.45) is 0 Å². The first-order chi connectivity index (χ1) is 20.9. The Morgan fingerprint density at radius 3 is 2.23 bits per heavy atom. The molecule has 2 aromatic carbocycles. The van der Waals surface area contributed by atoms with Gasteiger partial charge in [0.2, 0.25) is 5.91 Å². The second-order valence-corrected chi connectivity index (χ2v) is 9.91. The second-order valence-electron chi connectivity index (χ2n) is 9.03. The summed E-state index contributed by atoms with van der Waals surface area (Å²) in [5.74, 6) is -1.18. The quantitative estimate of drug-likeness (QED) is 0.156. The molecule has 2 unspecified atom stereocenters. The zero-order valence-electron chi connectivity index (χ0n) is 23.4. The van der Waals surface area contributed by atoms with Crippen molar-refractivity contribution < 1.29 is 42.1 Å². The van der Waals surface area contributed by atoms with Crippen molar-refractivity contribution in [2.75, 3.05) is 25.1 Å². The number of nitrogens with one attached hydrogen (secondary N) is 3. The van der Waals surface area contributed by atoms with E-state index in [0.717, 1.165) is 11.3 Å². The van der Waals surface area contributed by atoms with Crippen molar-refractivity contribution in [2.45, 2.75) is 38.7 Å². The Hall–Kier alpha value is -4.07. The maximum atomic E-state index is 13.3. The zero-order valence-corrected chi connectivity index (χ0v) is 25.0. The molecule has 0 aliphatic carbocycles. The normalized spacial score (nSPS) is 11.9. The molecule has 1 aromatic heterocycles. The number of benzene rings is 2. The highest BCUT2D eigenvalue weighted by atomic mass is 35.5. The molecule has 1 heterocycles. The number of aromatic nitrogens is 1. The van der Waals surface area contributed by atoms with E-state index in [1.165, 1.54) is 18.2 Å². The van der Waals surface area contributed by atoms with Gasteiger partial charge in [0, 0.05) is 15.7 Å². The molecule has 0 spiro atoms. The Balaban J connectivity index is 0.00000159. The molecule has 0 bridgehead atoms. The molecule has 2 amide bonds. The van der Waals surface area contributed by atoms with Gasteiger partial charge in [-0.3, -0.25) is 9.59 Å². The molecular formula is C29H31Cl2F3N4O6. The number of alkyl halides is 3. The Morgan fingerprint density at radius 2 is 1.61 bits per heavy atom. The van der Waals surface area contributed by atoms with Gasteiger partial charge in [0.25, 0.3) is 0 Å². The summed E-state index contributed by atoms with van der Waals surface area (Å²) in [5.41, 5.74) is 2.11. The molecule has 2 atom stereocenters. The van der Waals surface area contributed by atoms with Gasteiger partial charge in [-0.05, 0) is 48.4 Å². The SMILES string of the molecule is Cc1cccc(NCCOC(=O)NC(COCc2ccccc2)C(=O)NC(CC(=O)O)c2cc(Cl)cc(Cl)c2)n1.FC(F)F. The van der Waals surface area contributed by atoms with Gasteiger partial charge in [0.05, 0.1) is 32.2 Å². The third kappa shape index (κ3) is 14.9. The predicted molar refractivity (Wildman–Crippen MR) is 159 cm³/mol. The summed E-state index contributed by atoms with van der Waals surface area (Å²) in [7, 11) is 0. The van der Waals surface area contributed by atoms with Crippen molar-refractivity contribution in [1.29, 1.82) is 0 Å². The molecule has 15 heteroatoms. The molecule has 0 fully saturated rings. The average Bonchev–Trinajstić information content (AvgIpc) is 2.94. The maximum Gasteiger partial charge on any atom is 0.407 e. The van der Waals surface area contributed by atoms with E-state index >= 15 is 0 Å². The number of pyridine rings is 1. The van der Waals surface area contributed by atoms with E-state index in [1.807, 2.05) is 49.4 Å². The number of nitrogens with zero attached hydrogens (tertiary/aromatic N) is 1. The third-order valence-electron chi connectivity index (χ3n) is 5.52. The number of hydrogen-bond acceptors (Lipinski definition) is 7. The smallest absolute Gasteiger partial charge is 0.407 e. The number of amides is 2. The van der Waals surface area contributed by atoms with Crippen molar-refractivity contribution in [3.63, 3.8) is 0 Å². The summed E-state index contributed by atoms with van der Waals surface area (Å²) in [5, 5.41) is 18.2. The van der Waals surface area contributed by atoms with Crippen LogP contribution in [0, 0.1) is 6.92 Å². The summed E-state index contributed by atoms with van der Waals surface area (Å²) in [6.07, 6.45) is -1.29. The van der Waals surface area contributed by atoms with Crippen molar-refractivity contribution >= 4 is 47.0 Å². The van der Waals surface area contributed by atoms with Crippen molar-refractivity contribution in [1.82, 2.24) is 15.6 Å². The van der Waals surface area contributed by atoms with E-state index in [-0.39, 0.29) is 29.9 Å². The number of alkyl carbamates (subject to hydrolysis) is 1. The monoisotopic (exact) mass is 658 g/mol. The van der Waals surface area contributed by atoms with Crippen LogP contribution in [0.3, 0.4) is 0 Å². The lowest BCUT2D eigenvalue weighted by Crippen LogP contribution is -2.50. The summed E-state index contributed by atoms with van der Waals surface area (Å²) >= 11 is 12.2. The van der Waals surface area contributed by atoms with Crippen molar-refractivity contribution in [3.8, 4) is 0 Å². The summed E-state index contributed by atoms with van der Waals surface area (Å²) < 4.78 is 39.9. The van der Waals surface area contributed by atoms with Crippen LogP contribution in [-0.4, -0.2) is 60.5 Å². The first kappa shape index (κ1) is 36.1. The standard InChI is InChI=1S/C28H30Cl2N4O6.CHF3/c1-18-6-5-9-25(32-18)31-10-11-40-28(38)34-24(17-39-16-19-7-3-2-4-8-19)27(37)33-23(15-26(35)36)20-12-21(29)14-22(30)13-20;2-1(3)4/h2-9,12-14,23-24H,10-11,15-17H2,1H3,(H,31,32)(H,33,37)(H,34,38)(H,35,36);1H. The number of halogens is 5. The molecular weight excluding hydrogens is 628 g/mol. The molecule has 0 saturated carbocycles. The van der Waals surface area contributed by atoms with E-state index in [9.17, 15) is 32.7 Å². The predicted octanol–water partition coefficient (Wildman–Crippen LogP) is 5.93. The van der Waals surface area contributed by atoms with Gasteiger partial charge in [-0.25, -0.2) is 9.78 Å². The Kier molecular flexibility index (Phi) is 15.8. The van der Waals surface area contributed by atoms with Crippen LogP contribution in [0.4, 0.5) is 23.8 Å². The number of aryl methyl sites for hydroxylation is 1. The Bertz CT molecular complexity index is 1330. The number of anilines is 1. The summed E-state index contributed by atoms with van der Waals surface area (Å²) in [4.78, 5) is 41.6. The average molecular weight is 659 g/mol. The van der Waals surface area contributed by atoms with Crippen LogP contribution in [-0.2, 0) is 25.7 Å². The fourth-order valence-corrected chi connectivity index (χ4v) is 4.22. The van der Waals surface area contributed by atoms with Gasteiger partial charge in [0.1, 0.15) is 18.5 Å². The minimum absolute atomic E-state index is 0.00329. The first-order valence-electron chi connectivity index (χ1n) is 13.1. The molecule has 0 aliphatic heterocycles. The number of carboxylic acid groups (broad SMARTS) is 1. The lowest BCUT2D eigenvalue weighted by Gasteiger charge is -2.23. The van der Waals surface area contributed by atoms with Crippen molar-refractivity contribution in [3.05, 3.63) is 93.6 Å². The molecule has 0 saturated heterocycles. The minimum Gasteiger partial charge on any atom is -0.481 e. The molecule has 238 valence electrons. The molecule has 4 N–H and O–H groups in total. The fourth-order valence-electron chi connectivity index (χ4n) is 3.68. The van der Waals surface area contributed by atoms with Gasteiger partial charge in [-0.2, -0.15) is 13.2 Å². The number of carbonyl (C=O) groups is 3. The van der Waals surface area contributed by atoms with Crippen LogP contribution >= 0.6 is 23.2 Å². The third-order valence-corrected chi connectivity index (χ3v) is 5.95. The Morgan fingerprint density at radius 1 is 0.955 bits per heavy atom. The van der Waals surface area contributed by atoms with E-state index in [2.05, 4.69) is 20.9 Å². The summed E-state index contributed by atoms with van der Waals surface area (Å²) in [6.45, 7) is -1.51. The summed E-state index contributed by atoms with van der Waals surface area (Å²) in [6, 6.07) is 17.2. The molecule has 3 aromatic rings. The highest BCUT2D eigenvalue weighted by Gasteiger charge is 2.26. The first-order valence-corrected chi connectivity index (χ1v) is 13.8. The molecule has 0 radical (unpaired) electrons. The van der Waals surface area contributed by atoms with Crippen LogP contribution in [0.25, 0.3) is 0 Å². The molecule has 0 aliphatic rings. The van der Waals surface area contributed by atoms with E-state index in [1.54, 1.807) is 6.07 Å². The van der Waals surface area contributed by atoms with Gasteiger partial charge in [-0.1, -0.05) is 59.6 Å².